The number of nitrogens with one attached hydrogen (secondary N) is 2. The van der Waals surface area contributed by atoms with Crippen LogP contribution in [-0.2, 0) is 0 Å². The zero-order valence-corrected chi connectivity index (χ0v) is 10.5. The van der Waals surface area contributed by atoms with Crippen molar-refractivity contribution < 1.29 is 4.79 Å². The first-order valence-electron chi connectivity index (χ1n) is 5.64. The molecular formula is C14H14N4O. The summed E-state index contributed by atoms with van der Waals surface area (Å²) >= 11 is 0. The molecule has 0 aliphatic rings. The van der Waals surface area contributed by atoms with Crippen molar-refractivity contribution in [1.29, 1.82) is 10.8 Å². The molecule has 0 atom stereocenters. The second-order valence-corrected chi connectivity index (χ2v) is 3.81. The number of amides is 2. The van der Waals surface area contributed by atoms with Crippen LogP contribution in [0.1, 0.15) is 5.56 Å². The highest BCUT2D eigenvalue weighted by molar-refractivity contribution is 5.99. The van der Waals surface area contributed by atoms with Gasteiger partial charge >= 0.3 is 6.03 Å². The van der Waals surface area contributed by atoms with Gasteiger partial charge < -0.3 is 10.6 Å². The summed E-state index contributed by atoms with van der Waals surface area (Å²) in [5, 5.41) is 17.5. The summed E-state index contributed by atoms with van der Waals surface area (Å²) in [6.45, 7) is 2.01. The summed E-state index contributed by atoms with van der Waals surface area (Å²) in [6.07, 6.45) is 0. The summed E-state index contributed by atoms with van der Waals surface area (Å²) in [6, 6.07) is 16.8. The number of benzene rings is 2. The zero-order valence-electron chi connectivity index (χ0n) is 10.5. The normalized spacial score (nSPS) is 8.79. The molecule has 0 unspecified atom stereocenters. The Hall–Kier alpha value is -2.87. The monoisotopic (exact) mass is 254 g/mol. The number of para-hydroxylation sites is 1. The fourth-order valence-electron chi connectivity index (χ4n) is 1.45. The predicted molar refractivity (Wildman–Crippen MR) is 73.7 cm³/mol. The molecule has 0 aliphatic carbocycles. The molecule has 0 saturated carbocycles. The lowest BCUT2D eigenvalue weighted by molar-refractivity contribution is 0.262. The summed E-state index contributed by atoms with van der Waals surface area (Å²) < 4.78 is 0. The van der Waals surface area contributed by atoms with Crippen molar-refractivity contribution in [3.63, 3.8) is 0 Å². The fraction of sp³-hybridized carbons (Fsp3) is 0.0714. The minimum absolute atomic E-state index is 0.236. The van der Waals surface area contributed by atoms with Gasteiger partial charge in [-0.2, -0.15) is 0 Å². The Balaban J connectivity index is 0.000000861. The predicted octanol–water partition coefficient (Wildman–Crippen LogP) is 3.67. The van der Waals surface area contributed by atoms with Crippen molar-refractivity contribution >= 4 is 17.4 Å². The van der Waals surface area contributed by atoms with Gasteiger partial charge in [0.25, 0.3) is 0 Å². The standard InChI is InChI=1S/C14H14N2O.N2/c1-11-7-9-13(10-8-11)16-14(17)15-12-5-3-2-4-6-12;1-2/h2-10H,1H3,(H2,15,16,17);. The molecule has 0 fully saturated rings. The van der Waals surface area contributed by atoms with Crippen molar-refractivity contribution in [2.75, 3.05) is 10.6 Å². The van der Waals surface area contributed by atoms with Crippen molar-refractivity contribution in [1.82, 2.24) is 0 Å². The molecule has 2 N–H and O–H groups in total. The quantitative estimate of drug-likeness (QED) is 0.801. The van der Waals surface area contributed by atoms with Crippen LogP contribution in [0.5, 0.6) is 0 Å². The number of anilines is 2. The largest absolute Gasteiger partial charge is 0.323 e. The highest BCUT2D eigenvalue weighted by Crippen LogP contribution is 2.10. The molecule has 0 spiro atoms. The first-order valence-corrected chi connectivity index (χ1v) is 5.64. The number of rotatable bonds is 2. The molecule has 0 saturated heterocycles. The third-order valence-corrected chi connectivity index (χ3v) is 2.34. The Labute approximate surface area is 111 Å². The number of urea groups is 1. The van der Waals surface area contributed by atoms with E-state index in [-0.39, 0.29) is 6.03 Å². The van der Waals surface area contributed by atoms with Crippen LogP contribution < -0.4 is 10.6 Å². The van der Waals surface area contributed by atoms with E-state index in [0.717, 1.165) is 11.4 Å². The Morgan fingerprint density at radius 3 is 1.84 bits per heavy atom. The van der Waals surface area contributed by atoms with Crippen LogP contribution in [0.4, 0.5) is 16.2 Å². The Morgan fingerprint density at radius 1 is 0.842 bits per heavy atom. The van der Waals surface area contributed by atoms with Gasteiger partial charge in [-0.1, -0.05) is 35.9 Å². The molecule has 5 heteroatoms. The van der Waals surface area contributed by atoms with Crippen LogP contribution in [0.2, 0.25) is 0 Å². The molecule has 0 radical (unpaired) electrons. The molecule has 2 aromatic carbocycles. The van der Waals surface area contributed by atoms with Crippen LogP contribution in [0, 0.1) is 17.7 Å². The fourth-order valence-corrected chi connectivity index (χ4v) is 1.45. The number of nitrogens with zero attached hydrogens (tertiary/aromatic N) is 2. The van der Waals surface area contributed by atoms with Gasteiger partial charge in [0.05, 0.1) is 0 Å². The average Bonchev–Trinajstić information content (AvgIpc) is 2.45. The molecular weight excluding hydrogens is 240 g/mol. The van der Waals surface area contributed by atoms with E-state index in [1.165, 1.54) is 5.56 Å². The molecule has 2 rings (SSSR count). The molecule has 5 nitrogen and oxygen atoms in total. The van der Waals surface area contributed by atoms with Gasteiger partial charge in [-0.3, -0.25) is 0 Å². The number of hydrogen-bond acceptors (Lipinski definition) is 3. The molecule has 0 aromatic heterocycles. The third-order valence-electron chi connectivity index (χ3n) is 2.34. The first-order chi connectivity index (χ1) is 9.24. The summed E-state index contributed by atoms with van der Waals surface area (Å²) in [4.78, 5) is 11.6. The number of hydrogen-bond donors (Lipinski definition) is 2. The van der Waals surface area contributed by atoms with Crippen molar-refractivity contribution in [2.45, 2.75) is 6.92 Å². The van der Waals surface area contributed by atoms with E-state index in [1.807, 2.05) is 61.5 Å². The third kappa shape index (κ3) is 4.88. The zero-order chi connectivity index (χ0) is 14.1. The maximum absolute atomic E-state index is 11.6. The Bertz CT molecular complexity index is 534. The van der Waals surface area contributed by atoms with Crippen molar-refractivity contribution in [3.8, 4) is 0 Å². The van der Waals surface area contributed by atoms with E-state index in [1.54, 1.807) is 0 Å². The highest BCUT2D eigenvalue weighted by atomic mass is 16.2. The van der Waals surface area contributed by atoms with Gasteiger partial charge in [0.15, 0.2) is 0 Å². The summed E-state index contributed by atoms with van der Waals surface area (Å²) in [5.41, 5.74) is 2.72. The molecule has 2 amide bonds. The highest BCUT2D eigenvalue weighted by Gasteiger charge is 2.01. The van der Waals surface area contributed by atoms with E-state index in [9.17, 15) is 4.79 Å². The van der Waals surface area contributed by atoms with E-state index >= 15 is 0 Å². The SMILES string of the molecule is Cc1ccc(NC(=O)Nc2ccccc2)cc1.N#N. The molecule has 0 bridgehead atoms. The minimum atomic E-state index is -0.236. The van der Waals surface area contributed by atoms with Crippen LogP contribution in [0.25, 0.3) is 0 Å². The lowest BCUT2D eigenvalue weighted by Crippen LogP contribution is -2.19. The minimum Gasteiger partial charge on any atom is -0.308 e. The van der Waals surface area contributed by atoms with Gasteiger partial charge in [-0.05, 0) is 31.2 Å². The second-order valence-electron chi connectivity index (χ2n) is 3.81. The van der Waals surface area contributed by atoms with Gasteiger partial charge in [0.1, 0.15) is 0 Å². The lowest BCUT2D eigenvalue weighted by Gasteiger charge is -2.07. The first kappa shape index (κ1) is 14.2. The maximum atomic E-state index is 11.6. The van der Waals surface area contributed by atoms with Crippen LogP contribution >= 0.6 is 0 Å². The van der Waals surface area contributed by atoms with Gasteiger partial charge in [0, 0.05) is 22.2 Å². The Morgan fingerprint density at radius 2 is 1.32 bits per heavy atom. The molecule has 0 heterocycles. The van der Waals surface area contributed by atoms with Crippen LogP contribution in [-0.4, -0.2) is 6.03 Å². The molecule has 2 aromatic rings. The summed E-state index contributed by atoms with van der Waals surface area (Å²) in [5.74, 6) is 0. The number of carbonyl (C=O) groups is 1. The van der Waals surface area contributed by atoms with Crippen LogP contribution in [0.15, 0.2) is 54.6 Å². The maximum Gasteiger partial charge on any atom is 0.323 e. The van der Waals surface area contributed by atoms with E-state index < -0.39 is 0 Å². The molecule has 96 valence electrons. The smallest absolute Gasteiger partial charge is 0.308 e. The van der Waals surface area contributed by atoms with Crippen molar-refractivity contribution in [2.24, 2.45) is 0 Å². The number of aryl methyl sites for hydroxylation is 1. The summed E-state index contributed by atoms with van der Waals surface area (Å²) in [7, 11) is 0. The topological polar surface area (TPSA) is 88.7 Å². The van der Waals surface area contributed by atoms with Crippen molar-refractivity contribution in [3.05, 3.63) is 60.2 Å². The lowest BCUT2D eigenvalue weighted by atomic mass is 10.2. The number of carbonyl (C=O) groups excluding carboxylic acids is 1. The van der Waals surface area contributed by atoms with Gasteiger partial charge in [-0.25, -0.2) is 4.79 Å². The van der Waals surface area contributed by atoms with E-state index in [4.69, 9.17) is 10.8 Å². The van der Waals surface area contributed by atoms with Gasteiger partial charge in [0.2, 0.25) is 0 Å². The van der Waals surface area contributed by atoms with Gasteiger partial charge in [-0.15, -0.1) is 0 Å². The van der Waals surface area contributed by atoms with E-state index in [2.05, 4.69) is 10.6 Å². The molecule has 19 heavy (non-hydrogen) atoms. The van der Waals surface area contributed by atoms with E-state index in [0.29, 0.717) is 0 Å². The molecule has 0 aliphatic heterocycles. The average molecular weight is 254 g/mol. The Kier molecular flexibility index (Phi) is 5.57. The second kappa shape index (κ2) is 7.45. The van der Waals surface area contributed by atoms with Crippen LogP contribution in [0.3, 0.4) is 0 Å².